The van der Waals surface area contributed by atoms with Gasteiger partial charge in [0.1, 0.15) is 5.69 Å². The number of nitrogens with one attached hydrogen (secondary N) is 1. The summed E-state index contributed by atoms with van der Waals surface area (Å²) in [5, 5.41) is 2.52. The summed E-state index contributed by atoms with van der Waals surface area (Å²) in [6, 6.07) is 7.07. The lowest BCUT2D eigenvalue weighted by molar-refractivity contribution is 0.0958. The second-order valence-corrected chi connectivity index (χ2v) is 2.82. The zero-order valence-corrected chi connectivity index (χ0v) is 7.69. The van der Waals surface area contributed by atoms with Gasteiger partial charge >= 0.3 is 0 Å². The van der Waals surface area contributed by atoms with Crippen LogP contribution in [-0.4, -0.2) is 22.9 Å². The molecule has 0 spiro atoms. The molecule has 70 valence electrons. The van der Waals surface area contributed by atoms with Gasteiger partial charge in [-0.2, -0.15) is 0 Å². The van der Waals surface area contributed by atoms with Crippen LogP contribution in [0, 0.1) is 0 Å². The van der Waals surface area contributed by atoms with Gasteiger partial charge < -0.3 is 5.32 Å². The number of aromatic nitrogens is 2. The predicted octanol–water partition coefficient (Wildman–Crippen LogP) is 0.989. The van der Waals surface area contributed by atoms with Gasteiger partial charge in [-0.1, -0.05) is 0 Å². The smallest absolute Gasteiger partial charge is 0.269 e. The second kappa shape index (κ2) is 3.41. The Morgan fingerprint density at radius 3 is 2.93 bits per heavy atom. The molecule has 0 atom stereocenters. The summed E-state index contributed by atoms with van der Waals surface area (Å²) in [5.41, 5.74) is 1.93. The third-order valence-corrected chi connectivity index (χ3v) is 1.92. The van der Waals surface area contributed by atoms with Crippen LogP contribution in [0.5, 0.6) is 0 Å². The summed E-state index contributed by atoms with van der Waals surface area (Å²) in [5.74, 6) is -0.184. The lowest BCUT2D eigenvalue weighted by Crippen LogP contribution is -2.19. The van der Waals surface area contributed by atoms with Crippen LogP contribution in [-0.2, 0) is 0 Å². The van der Waals surface area contributed by atoms with Crippen LogP contribution < -0.4 is 5.32 Å². The maximum absolute atomic E-state index is 11.3. The zero-order valence-electron chi connectivity index (χ0n) is 7.69. The van der Waals surface area contributed by atoms with Gasteiger partial charge in [0.15, 0.2) is 0 Å². The number of pyridine rings is 2. The molecule has 2 heterocycles. The molecular formula is C10H9N3O. The number of hydrogen-bond donors (Lipinski definition) is 1. The van der Waals surface area contributed by atoms with Crippen LogP contribution in [0.2, 0.25) is 0 Å². The average molecular weight is 187 g/mol. The molecule has 4 heteroatoms. The van der Waals surface area contributed by atoms with Gasteiger partial charge in [0.25, 0.3) is 5.91 Å². The second-order valence-electron chi connectivity index (χ2n) is 2.82. The van der Waals surface area contributed by atoms with Gasteiger partial charge in [-0.3, -0.25) is 9.78 Å². The lowest BCUT2D eigenvalue weighted by atomic mass is 10.2. The van der Waals surface area contributed by atoms with Crippen LogP contribution >= 0.6 is 0 Å². The normalized spacial score (nSPS) is 10.1. The molecule has 1 amide bonds. The Bertz CT molecular complexity index is 482. The highest BCUT2D eigenvalue weighted by Crippen LogP contribution is 2.08. The van der Waals surface area contributed by atoms with Gasteiger partial charge in [0, 0.05) is 13.2 Å². The summed E-state index contributed by atoms with van der Waals surface area (Å²) >= 11 is 0. The molecule has 0 saturated carbocycles. The van der Waals surface area contributed by atoms with Crippen LogP contribution in [0.15, 0.2) is 30.5 Å². The van der Waals surface area contributed by atoms with Gasteiger partial charge in [-0.15, -0.1) is 0 Å². The Hall–Kier alpha value is -1.97. The monoisotopic (exact) mass is 187 g/mol. The number of fused-ring (bicyclic) bond motifs is 1. The molecule has 0 aliphatic carbocycles. The summed E-state index contributed by atoms with van der Waals surface area (Å²) in [6.45, 7) is 0. The quantitative estimate of drug-likeness (QED) is 0.724. The van der Waals surface area contributed by atoms with Gasteiger partial charge in [-0.25, -0.2) is 4.98 Å². The third kappa shape index (κ3) is 1.42. The molecule has 0 unspecified atom stereocenters. The molecule has 0 aliphatic heterocycles. The van der Waals surface area contributed by atoms with Crippen LogP contribution in [0.1, 0.15) is 10.5 Å². The molecule has 1 N–H and O–H groups in total. The SMILES string of the molecule is CNC(=O)c1ccc2ncccc2n1. The summed E-state index contributed by atoms with van der Waals surface area (Å²) in [4.78, 5) is 19.5. The molecule has 0 aromatic carbocycles. The van der Waals surface area contributed by atoms with E-state index in [1.165, 1.54) is 0 Å². The highest BCUT2D eigenvalue weighted by atomic mass is 16.1. The fourth-order valence-electron chi connectivity index (χ4n) is 1.21. The minimum absolute atomic E-state index is 0.184. The molecule has 0 saturated heterocycles. The minimum atomic E-state index is -0.184. The predicted molar refractivity (Wildman–Crippen MR) is 52.9 cm³/mol. The highest BCUT2D eigenvalue weighted by molar-refractivity contribution is 5.94. The number of hydrogen-bond acceptors (Lipinski definition) is 3. The van der Waals surface area contributed by atoms with Crippen molar-refractivity contribution in [1.82, 2.24) is 15.3 Å². The van der Waals surface area contributed by atoms with E-state index in [9.17, 15) is 4.79 Å². The number of amides is 1. The molecule has 0 fully saturated rings. The first kappa shape index (κ1) is 8.62. The van der Waals surface area contributed by atoms with Gasteiger partial charge in [0.2, 0.25) is 0 Å². The van der Waals surface area contributed by atoms with E-state index in [0.717, 1.165) is 11.0 Å². The Morgan fingerprint density at radius 1 is 1.29 bits per heavy atom. The molecule has 2 aromatic rings. The number of nitrogens with zero attached hydrogens (tertiary/aromatic N) is 2. The number of carbonyl (C=O) groups excluding carboxylic acids is 1. The zero-order chi connectivity index (χ0) is 9.97. The topological polar surface area (TPSA) is 54.9 Å². The molecule has 4 nitrogen and oxygen atoms in total. The molecule has 2 aromatic heterocycles. The molecule has 14 heavy (non-hydrogen) atoms. The fourth-order valence-corrected chi connectivity index (χ4v) is 1.21. The van der Waals surface area contributed by atoms with E-state index in [0.29, 0.717) is 5.69 Å². The Kier molecular flexibility index (Phi) is 2.10. The molecule has 0 radical (unpaired) electrons. The van der Waals surface area contributed by atoms with Crippen molar-refractivity contribution in [2.75, 3.05) is 7.05 Å². The Labute approximate surface area is 81.0 Å². The van der Waals surface area contributed by atoms with E-state index >= 15 is 0 Å². The first-order valence-corrected chi connectivity index (χ1v) is 4.25. The van der Waals surface area contributed by atoms with Crippen molar-refractivity contribution in [2.24, 2.45) is 0 Å². The highest BCUT2D eigenvalue weighted by Gasteiger charge is 2.05. The third-order valence-electron chi connectivity index (χ3n) is 1.92. The summed E-state index contributed by atoms with van der Waals surface area (Å²) < 4.78 is 0. The van der Waals surface area contributed by atoms with Crippen molar-refractivity contribution in [3.05, 3.63) is 36.2 Å². The Balaban J connectivity index is 2.56. The van der Waals surface area contributed by atoms with Crippen molar-refractivity contribution in [1.29, 1.82) is 0 Å². The largest absolute Gasteiger partial charge is 0.354 e. The molecule has 2 rings (SSSR count). The minimum Gasteiger partial charge on any atom is -0.354 e. The number of rotatable bonds is 1. The lowest BCUT2D eigenvalue weighted by Gasteiger charge is -2.00. The molecule has 0 aliphatic rings. The van der Waals surface area contributed by atoms with Crippen molar-refractivity contribution >= 4 is 16.9 Å². The summed E-state index contributed by atoms with van der Waals surface area (Å²) in [7, 11) is 1.58. The van der Waals surface area contributed by atoms with Crippen molar-refractivity contribution in [3.63, 3.8) is 0 Å². The van der Waals surface area contributed by atoms with Crippen molar-refractivity contribution in [2.45, 2.75) is 0 Å². The fraction of sp³-hybridized carbons (Fsp3) is 0.100. The maximum atomic E-state index is 11.3. The first-order valence-electron chi connectivity index (χ1n) is 4.25. The van der Waals surface area contributed by atoms with Crippen LogP contribution in [0.4, 0.5) is 0 Å². The van der Waals surface area contributed by atoms with Crippen molar-refractivity contribution < 1.29 is 4.79 Å². The van der Waals surface area contributed by atoms with E-state index < -0.39 is 0 Å². The van der Waals surface area contributed by atoms with Crippen molar-refractivity contribution in [3.8, 4) is 0 Å². The standard InChI is InChI=1S/C10H9N3O/c1-11-10(14)9-5-4-7-8(13-9)3-2-6-12-7/h2-6H,1H3,(H,11,14). The van der Waals surface area contributed by atoms with Gasteiger partial charge in [0.05, 0.1) is 11.0 Å². The van der Waals surface area contributed by atoms with E-state index in [2.05, 4.69) is 15.3 Å². The van der Waals surface area contributed by atoms with E-state index in [4.69, 9.17) is 0 Å². The van der Waals surface area contributed by atoms with E-state index in [1.807, 2.05) is 6.07 Å². The van der Waals surface area contributed by atoms with Crippen LogP contribution in [0.3, 0.4) is 0 Å². The van der Waals surface area contributed by atoms with Crippen LogP contribution in [0.25, 0.3) is 11.0 Å². The van der Waals surface area contributed by atoms with E-state index in [-0.39, 0.29) is 5.91 Å². The van der Waals surface area contributed by atoms with E-state index in [1.54, 1.807) is 31.4 Å². The summed E-state index contributed by atoms with van der Waals surface area (Å²) in [6.07, 6.45) is 1.70. The molecular weight excluding hydrogens is 178 g/mol. The number of carbonyl (C=O) groups is 1. The Morgan fingerprint density at radius 2 is 2.14 bits per heavy atom. The van der Waals surface area contributed by atoms with Gasteiger partial charge in [-0.05, 0) is 24.3 Å². The maximum Gasteiger partial charge on any atom is 0.269 e. The average Bonchev–Trinajstić information content (AvgIpc) is 2.27. The molecule has 0 bridgehead atoms. The first-order chi connectivity index (χ1) is 6.81.